The lowest BCUT2D eigenvalue weighted by Crippen LogP contribution is -2.19. The zero-order chi connectivity index (χ0) is 14.1. The molecular weight excluding hydrogens is 266 g/mol. The van der Waals surface area contributed by atoms with Gasteiger partial charge in [0.05, 0.1) is 5.69 Å². The molecule has 2 aromatic rings. The highest BCUT2D eigenvalue weighted by Crippen LogP contribution is 2.39. The summed E-state index contributed by atoms with van der Waals surface area (Å²) in [6.45, 7) is 2.15. The molecule has 1 aliphatic carbocycles. The monoisotopic (exact) mass is 287 g/mol. The number of hydrogen-bond donors (Lipinski definition) is 1. The van der Waals surface area contributed by atoms with Crippen molar-refractivity contribution < 1.29 is 0 Å². The summed E-state index contributed by atoms with van der Waals surface area (Å²) in [7, 11) is 4.16. The third-order valence-corrected chi connectivity index (χ3v) is 5.34. The number of para-hydroxylation sites is 1. The Kier molecular flexibility index (Phi) is 3.76. The summed E-state index contributed by atoms with van der Waals surface area (Å²) in [5.74, 6) is 0. The molecule has 0 aliphatic heterocycles. The number of nitrogens with one attached hydrogen (secondary N) is 1. The Bertz CT molecular complexity index is 606. The molecule has 0 fully saturated rings. The predicted octanol–water partition coefficient (Wildman–Crippen LogP) is 3.82. The van der Waals surface area contributed by atoms with Crippen LogP contribution in [0.15, 0.2) is 24.3 Å². The summed E-state index contributed by atoms with van der Waals surface area (Å²) in [4.78, 5) is 8.51. The van der Waals surface area contributed by atoms with Gasteiger partial charge in [0, 0.05) is 23.7 Å². The SMILES string of the molecule is CNC1CCCc2nc(N(C)c3ccccc3C)sc21. The molecule has 1 aliphatic rings. The Morgan fingerprint density at radius 3 is 2.90 bits per heavy atom. The van der Waals surface area contributed by atoms with E-state index in [4.69, 9.17) is 4.98 Å². The van der Waals surface area contributed by atoms with Crippen molar-refractivity contribution in [2.45, 2.75) is 32.2 Å². The number of fused-ring (bicyclic) bond motifs is 1. The number of rotatable bonds is 3. The van der Waals surface area contributed by atoms with Gasteiger partial charge in [-0.2, -0.15) is 0 Å². The first kappa shape index (κ1) is 13.6. The Morgan fingerprint density at radius 2 is 2.15 bits per heavy atom. The molecule has 20 heavy (non-hydrogen) atoms. The van der Waals surface area contributed by atoms with Gasteiger partial charge in [0.25, 0.3) is 0 Å². The second-order valence-electron chi connectivity index (χ2n) is 5.39. The maximum absolute atomic E-state index is 4.87. The first-order valence-corrected chi connectivity index (χ1v) is 7.98. The zero-order valence-electron chi connectivity index (χ0n) is 12.3. The molecule has 4 heteroatoms. The van der Waals surface area contributed by atoms with Crippen molar-refractivity contribution in [3.05, 3.63) is 40.4 Å². The molecule has 106 valence electrons. The molecule has 1 heterocycles. The van der Waals surface area contributed by atoms with Crippen molar-refractivity contribution in [3.8, 4) is 0 Å². The van der Waals surface area contributed by atoms with Gasteiger partial charge in [-0.15, -0.1) is 0 Å². The number of aromatic nitrogens is 1. The van der Waals surface area contributed by atoms with Crippen LogP contribution in [0.5, 0.6) is 0 Å². The van der Waals surface area contributed by atoms with E-state index in [2.05, 4.69) is 48.5 Å². The van der Waals surface area contributed by atoms with Crippen LogP contribution < -0.4 is 10.2 Å². The Labute approximate surface area is 124 Å². The van der Waals surface area contributed by atoms with E-state index in [9.17, 15) is 0 Å². The molecule has 0 bridgehead atoms. The molecule has 1 N–H and O–H groups in total. The van der Waals surface area contributed by atoms with Crippen LogP contribution in [0.25, 0.3) is 0 Å². The lowest BCUT2D eigenvalue weighted by molar-refractivity contribution is 0.501. The van der Waals surface area contributed by atoms with Gasteiger partial charge >= 0.3 is 0 Å². The molecule has 1 aromatic heterocycles. The molecule has 0 saturated heterocycles. The van der Waals surface area contributed by atoms with Gasteiger partial charge < -0.3 is 10.2 Å². The number of nitrogens with zero attached hydrogens (tertiary/aromatic N) is 2. The summed E-state index contributed by atoms with van der Waals surface area (Å²) in [6.07, 6.45) is 3.57. The van der Waals surface area contributed by atoms with E-state index in [-0.39, 0.29) is 0 Å². The summed E-state index contributed by atoms with van der Waals surface area (Å²) < 4.78 is 0. The van der Waals surface area contributed by atoms with Crippen molar-refractivity contribution in [3.63, 3.8) is 0 Å². The quantitative estimate of drug-likeness (QED) is 0.930. The van der Waals surface area contributed by atoms with Crippen LogP contribution in [0.4, 0.5) is 10.8 Å². The van der Waals surface area contributed by atoms with Crippen molar-refractivity contribution in [1.29, 1.82) is 0 Å². The lowest BCUT2D eigenvalue weighted by atomic mass is 9.98. The van der Waals surface area contributed by atoms with E-state index in [0.717, 1.165) is 11.6 Å². The Balaban J connectivity index is 1.95. The van der Waals surface area contributed by atoms with Crippen molar-refractivity contribution >= 4 is 22.2 Å². The fourth-order valence-corrected chi connectivity index (χ4v) is 4.10. The number of thiazole rings is 1. The summed E-state index contributed by atoms with van der Waals surface area (Å²) >= 11 is 1.83. The zero-order valence-corrected chi connectivity index (χ0v) is 13.1. The normalized spacial score (nSPS) is 17.9. The van der Waals surface area contributed by atoms with Crippen molar-refractivity contribution in [1.82, 2.24) is 10.3 Å². The van der Waals surface area contributed by atoms with Gasteiger partial charge in [-0.1, -0.05) is 29.5 Å². The minimum atomic E-state index is 0.482. The van der Waals surface area contributed by atoms with E-state index in [1.807, 2.05) is 18.4 Å². The fourth-order valence-electron chi connectivity index (χ4n) is 2.87. The predicted molar refractivity (Wildman–Crippen MR) is 86.1 cm³/mol. The van der Waals surface area contributed by atoms with Gasteiger partial charge in [0.1, 0.15) is 0 Å². The third kappa shape index (κ3) is 2.34. The van der Waals surface area contributed by atoms with Crippen LogP contribution in [0.2, 0.25) is 0 Å². The first-order valence-electron chi connectivity index (χ1n) is 7.17. The Morgan fingerprint density at radius 1 is 1.35 bits per heavy atom. The molecule has 0 spiro atoms. The average molecular weight is 287 g/mol. The largest absolute Gasteiger partial charge is 0.321 e. The fraction of sp³-hybridized carbons (Fsp3) is 0.438. The van der Waals surface area contributed by atoms with E-state index in [1.54, 1.807) is 0 Å². The van der Waals surface area contributed by atoms with E-state index < -0.39 is 0 Å². The second-order valence-corrected chi connectivity index (χ2v) is 6.40. The van der Waals surface area contributed by atoms with Crippen LogP contribution >= 0.6 is 11.3 Å². The summed E-state index contributed by atoms with van der Waals surface area (Å²) in [6, 6.07) is 8.95. The molecule has 3 nitrogen and oxygen atoms in total. The summed E-state index contributed by atoms with van der Waals surface area (Å²) in [5.41, 5.74) is 3.81. The van der Waals surface area contributed by atoms with Gasteiger partial charge in [-0.25, -0.2) is 4.98 Å². The lowest BCUT2D eigenvalue weighted by Gasteiger charge is -2.20. The van der Waals surface area contributed by atoms with E-state index in [0.29, 0.717) is 6.04 Å². The van der Waals surface area contributed by atoms with Crippen LogP contribution in [0, 0.1) is 6.92 Å². The molecule has 0 saturated carbocycles. The van der Waals surface area contributed by atoms with Gasteiger partial charge in [-0.05, 0) is 44.9 Å². The van der Waals surface area contributed by atoms with Crippen molar-refractivity contribution in [2.24, 2.45) is 0 Å². The van der Waals surface area contributed by atoms with Gasteiger partial charge in [0.2, 0.25) is 0 Å². The molecule has 3 rings (SSSR count). The van der Waals surface area contributed by atoms with Crippen LogP contribution in [-0.2, 0) is 6.42 Å². The molecule has 1 unspecified atom stereocenters. The highest BCUT2D eigenvalue weighted by Gasteiger charge is 2.24. The minimum absolute atomic E-state index is 0.482. The maximum Gasteiger partial charge on any atom is 0.190 e. The highest BCUT2D eigenvalue weighted by atomic mass is 32.1. The number of anilines is 2. The van der Waals surface area contributed by atoms with Crippen LogP contribution in [0.1, 0.15) is 35.0 Å². The van der Waals surface area contributed by atoms with Gasteiger partial charge in [-0.3, -0.25) is 0 Å². The topological polar surface area (TPSA) is 28.2 Å². The average Bonchev–Trinajstić information content (AvgIpc) is 2.91. The van der Waals surface area contributed by atoms with E-state index >= 15 is 0 Å². The first-order chi connectivity index (χ1) is 9.70. The van der Waals surface area contributed by atoms with E-state index in [1.165, 1.54) is 34.7 Å². The number of aryl methyl sites for hydroxylation is 2. The second kappa shape index (κ2) is 5.54. The molecule has 0 radical (unpaired) electrons. The maximum atomic E-state index is 4.87. The van der Waals surface area contributed by atoms with Gasteiger partial charge in [0.15, 0.2) is 5.13 Å². The molecule has 1 atom stereocenters. The molecule has 0 amide bonds. The number of hydrogen-bond acceptors (Lipinski definition) is 4. The summed E-state index contributed by atoms with van der Waals surface area (Å²) in [5, 5.41) is 4.52. The molecule has 1 aromatic carbocycles. The van der Waals surface area contributed by atoms with Crippen LogP contribution in [0.3, 0.4) is 0 Å². The Hall–Kier alpha value is -1.39. The molecular formula is C16H21N3S. The third-order valence-electron chi connectivity index (χ3n) is 4.05. The number of benzene rings is 1. The minimum Gasteiger partial charge on any atom is -0.321 e. The highest BCUT2D eigenvalue weighted by molar-refractivity contribution is 7.15. The van der Waals surface area contributed by atoms with Crippen molar-refractivity contribution in [2.75, 3.05) is 19.0 Å². The smallest absolute Gasteiger partial charge is 0.190 e. The van der Waals surface area contributed by atoms with Crippen LogP contribution in [-0.4, -0.2) is 19.1 Å². The standard InChI is InChI=1S/C16H21N3S/c1-11-7-4-5-10-14(11)19(3)16-18-13-9-6-8-12(17-2)15(13)20-16/h4-5,7,10,12,17H,6,8-9H2,1-3H3.